The first-order valence-electron chi connectivity index (χ1n) is 19.3. The first kappa shape index (κ1) is 33.4. The first-order valence-corrected chi connectivity index (χ1v) is 19.3. The Morgan fingerprint density at radius 3 is 1.64 bits per heavy atom. The van der Waals surface area contributed by atoms with Crippen molar-refractivity contribution in [2.45, 2.75) is 12.3 Å². The van der Waals surface area contributed by atoms with E-state index in [1.807, 2.05) is 12.1 Å². The number of hydrogen-bond acceptors (Lipinski definition) is 2. The Morgan fingerprint density at radius 1 is 0.446 bits per heavy atom. The summed E-state index contributed by atoms with van der Waals surface area (Å²) in [5.41, 5.74) is 14.8. The zero-order valence-electron chi connectivity index (χ0n) is 30.9. The fraction of sp³-hybridized carbons (Fsp3) is 0.0370. The maximum Gasteiger partial charge on any atom is 0.161 e. The third-order valence-electron chi connectivity index (χ3n) is 11.2. The number of nitrogens with zero attached hydrogens (tertiary/aromatic N) is 2. The van der Waals surface area contributed by atoms with Gasteiger partial charge >= 0.3 is 0 Å². The van der Waals surface area contributed by atoms with Crippen LogP contribution in [0.4, 0.5) is 0 Å². The Labute approximate surface area is 327 Å². The zero-order valence-corrected chi connectivity index (χ0v) is 30.9. The van der Waals surface area contributed by atoms with Crippen molar-refractivity contribution in [3.05, 3.63) is 235 Å². The molecule has 10 rings (SSSR count). The first-order chi connectivity index (χ1) is 27.7. The summed E-state index contributed by atoms with van der Waals surface area (Å²) in [6.45, 7) is 4.64. The molecule has 0 radical (unpaired) electrons. The highest BCUT2D eigenvalue weighted by molar-refractivity contribution is 6.05. The molecule has 0 bridgehead atoms. The van der Waals surface area contributed by atoms with Gasteiger partial charge in [-0.15, -0.1) is 0 Å². The van der Waals surface area contributed by atoms with Gasteiger partial charge in [0.25, 0.3) is 0 Å². The Balaban J connectivity index is 1.09. The van der Waals surface area contributed by atoms with Crippen LogP contribution in [0.1, 0.15) is 28.2 Å². The van der Waals surface area contributed by atoms with E-state index >= 15 is 0 Å². The van der Waals surface area contributed by atoms with Gasteiger partial charge in [0.05, 0.1) is 11.4 Å². The summed E-state index contributed by atoms with van der Waals surface area (Å²) in [6, 6.07) is 69.1. The van der Waals surface area contributed by atoms with Gasteiger partial charge < -0.3 is 0 Å². The molecule has 264 valence electrons. The van der Waals surface area contributed by atoms with Crippen molar-refractivity contribution in [2.24, 2.45) is 0 Å². The van der Waals surface area contributed by atoms with E-state index in [4.69, 9.17) is 9.97 Å². The minimum atomic E-state index is 0.110. The molecule has 56 heavy (non-hydrogen) atoms. The maximum atomic E-state index is 5.17. The van der Waals surface area contributed by atoms with Crippen molar-refractivity contribution in [1.82, 2.24) is 9.97 Å². The second kappa shape index (κ2) is 14.2. The zero-order chi connectivity index (χ0) is 37.4. The molecule has 8 aromatic carbocycles. The molecule has 0 amide bonds. The normalized spacial score (nSPS) is 14.0. The number of benzene rings is 8. The summed E-state index contributed by atoms with van der Waals surface area (Å²) in [5.74, 6) is 0.822. The monoisotopic (exact) mass is 714 g/mol. The molecule has 1 atom stereocenters. The molecule has 0 saturated carbocycles. The lowest BCUT2D eigenvalue weighted by molar-refractivity contribution is 0.947. The number of hydrogen-bond donors (Lipinski definition) is 0. The van der Waals surface area contributed by atoms with Crippen molar-refractivity contribution >= 4 is 27.1 Å². The summed E-state index contributed by atoms with van der Waals surface area (Å²) in [7, 11) is 0. The van der Waals surface area contributed by atoms with Gasteiger partial charge in [-0.3, -0.25) is 0 Å². The van der Waals surface area contributed by atoms with Crippen LogP contribution in [0.3, 0.4) is 0 Å². The molecule has 2 nitrogen and oxygen atoms in total. The third-order valence-corrected chi connectivity index (χ3v) is 11.2. The number of fused-ring (bicyclic) bond motifs is 4. The van der Waals surface area contributed by atoms with Gasteiger partial charge in [0, 0.05) is 22.6 Å². The van der Waals surface area contributed by atoms with Crippen molar-refractivity contribution < 1.29 is 0 Å². The maximum absolute atomic E-state index is 5.17. The van der Waals surface area contributed by atoms with Gasteiger partial charge in [-0.05, 0) is 79.1 Å². The van der Waals surface area contributed by atoms with Gasteiger partial charge in [0.2, 0.25) is 0 Å². The van der Waals surface area contributed by atoms with Gasteiger partial charge in [-0.2, -0.15) is 0 Å². The highest BCUT2D eigenvalue weighted by Gasteiger charge is 2.24. The molecule has 1 aliphatic rings. The molecular weight excluding hydrogens is 677 g/mol. The lowest BCUT2D eigenvalue weighted by Crippen LogP contribution is -2.00. The second-order valence-corrected chi connectivity index (χ2v) is 14.6. The van der Waals surface area contributed by atoms with E-state index in [9.17, 15) is 0 Å². The molecule has 9 aromatic rings. The van der Waals surface area contributed by atoms with Crippen LogP contribution in [-0.2, 0) is 6.42 Å². The lowest BCUT2D eigenvalue weighted by atomic mass is 9.87. The standard InChI is InChI=1S/C54H38N2/c1-36-33-43-30-29-38-17-11-12-22-45(38)53(43)50(34-49(36)37-15-5-2-6-16-37)40-27-25-39(26-28-40)44-31-32-48(47-24-14-13-23-46(44)47)54-55-51(41-18-7-3-8-19-41)35-52(56-54)42-20-9-4-10-21-42/h2-32,34-35,49H,1,33H2. The molecule has 1 unspecified atom stereocenters. The van der Waals surface area contributed by atoms with Crippen LogP contribution in [0.25, 0.3) is 72.1 Å². The molecule has 0 saturated heterocycles. The number of allylic oxidation sites excluding steroid dienone is 2. The van der Waals surface area contributed by atoms with E-state index in [1.165, 1.54) is 49.7 Å². The largest absolute Gasteiger partial charge is 0.228 e. The van der Waals surface area contributed by atoms with E-state index in [0.717, 1.165) is 50.8 Å². The molecule has 0 aliphatic heterocycles. The molecule has 2 heteroatoms. The van der Waals surface area contributed by atoms with E-state index in [0.29, 0.717) is 5.82 Å². The van der Waals surface area contributed by atoms with E-state index < -0.39 is 0 Å². The third kappa shape index (κ3) is 6.12. The Hall–Kier alpha value is -7.16. The fourth-order valence-corrected chi connectivity index (χ4v) is 8.39. The molecule has 0 N–H and O–H groups in total. The molecule has 1 heterocycles. The topological polar surface area (TPSA) is 25.8 Å². The predicted molar refractivity (Wildman–Crippen MR) is 234 cm³/mol. The molecule has 1 aromatic heterocycles. The minimum Gasteiger partial charge on any atom is -0.228 e. The fourth-order valence-electron chi connectivity index (χ4n) is 8.39. The van der Waals surface area contributed by atoms with Crippen LogP contribution in [0.15, 0.2) is 212 Å². The molecule has 0 spiro atoms. The van der Waals surface area contributed by atoms with Crippen molar-refractivity contribution in [3.8, 4) is 45.0 Å². The Kier molecular flexibility index (Phi) is 8.50. The minimum absolute atomic E-state index is 0.110. The summed E-state index contributed by atoms with van der Waals surface area (Å²) in [5, 5.41) is 4.81. The Bertz CT molecular complexity index is 2870. The Morgan fingerprint density at radius 2 is 0.982 bits per heavy atom. The van der Waals surface area contributed by atoms with Crippen LogP contribution in [0.2, 0.25) is 0 Å². The summed E-state index contributed by atoms with van der Waals surface area (Å²) >= 11 is 0. The average Bonchev–Trinajstić information content (AvgIpc) is 3.43. The average molecular weight is 715 g/mol. The van der Waals surface area contributed by atoms with Crippen molar-refractivity contribution in [1.29, 1.82) is 0 Å². The summed E-state index contributed by atoms with van der Waals surface area (Å²) < 4.78 is 0. The van der Waals surface area contributed by atoms with Crippen molar-refractivity contribution in [2.75, 3.05) is 0 Å². The van der Waals surface area contributed by atoms with Crippen LogP contribution >= 0.6 is 0 Å². The molecular formula is C54H38N2. The highest BCUT2D eigenvalue weighted by Crippen LogP contribution is 2.43. The van der Waals surface area contributed by atoms with E-state index in [-0.39, 0.29) is 5.92 Å². The van der Waals surface area contributed by atoms with Gasteiger partial charge in [-0.1, -0.05) is 200 Å². The number of rotatable bonds is 6. The van der Waals surface area contributed by atoms with E-state index in [2.05, 4.69) is 195 Å². The van der Waals surface area contributed by atoms with Crippen LogP contribution in [0.5, 0.6) is 0 Å². The van der Waals surface area contributed by atoms with Gasteiger partial charge in [0.15, 0.2) is 5.82 Å². The van der Waals surface area contributed by atoms with Crippen molar-refractivity contribution in [3.63, 3.8) is 0 Å². The summed E-state index contributed by atoms with van der Waals surface area (Å²) in [4.78, 5) is 10.3. The molecule has 1 aliphatic carbocycles. The smallest absolute Gasteiger partial charge is 0.161 e. The van der Waals surface area contributed by atoms with E-state index in [1.54, 1.807) is 0 Å². The van der Waals surface area contributed by atoms with Gasteiger partial charge in [0.1, 0.15) is 0 Å². The van der Waals surface area contributed by atoms with Crippen LogP contribution in [0, 0.1) is 0 Å². The molecule has 0 fully saturated rings. The quantitative estimate of drug-likeness (QED) is 0.160. The number of aromatic nitrogens is 2. The predicted octanol–water partition coefficient (Wildman–Crippen LogP) is 13.8. The SMILES string of the molecule is C=C1Cc2ccc3ccccc3c2C(c2ccc(-c3ccc(-c4nc(-c5ccccc5)cc(-c5ccccc5)n4)c4ccccc34)cc2)=CC1c1ccccc1. The second-order valence-electron chi connectivity index (χ2n) is 14.6. The van der Waals surface area contributed by atoms with Crippen LogP contribution < -0.4 is 0 Å². The highest BCUT2D eigenvalue weighted by atomic mass is 14.9. The lowest BCUT2D eigenvalue weighted by Gasteiger charge is -2.17. The summed E-state index contributed by atoms with van der Waals surface area (Å²) in [6.07, 6.45) is 3.28. The van der Waals surface area contributed by atoms with Gasteiger partial charge in [-0.25, -0.2) is 9.97 Å². The van der Waals surface area contributed by atoms with Crippen LogP contribution in [-0.4, -0.2) is 9.97 Å².